The summed E-state index contributed by atoms with van der Waals surface area (Å²) in [4.78, 5) is 4.46. The molecule has 1 aliphatic rings. The van der Waals surface area contributed by atoms with Gasteiger partial charge in [-0.3, -0.25) is 0 Å². The van der Waals surface area contributed by atoms with E-state index < -0.39 is 0 Å². The number of rotatable bonds is 1. The van der Waals surface area contributed by atoms with Crippen molar-refractivity contribution in [2.75, 3.05) is 6.54 Å². The number of nitrogens with one attached hydrogen (secondary N) is 1. The second kappa shape index (κ2) is 4.48. The SMILES string of the molecule is Clc1cc(Cl)c2oc(C3CCCCN3)nc2c1. The summed E-state index contributed by atoms with van der Waals surface area (Å²) in [6, 6.07) is 3.65. The zero-order valence-corrected chi connectivity index (χ0v) is 10.7. The van der Waals surface area contributed by atoms with E-state index >= 15 is 0 Å². The van der Waals surface area contributed by atoms with Gasteiger partial charge in [-0.1, -0.05) is 29.6 Å². The first-order chi connectivity index (χ1) is 8.24. The van der Waals surface area contributed by atoms with E-state index in [1.165, 1.54) is 12.8 Å². The number of oxazole rings is 1. The van der Waals surface area contributed by atoms with Crippen molar-refractivity contribution >= 4 is 34.3 Å². The van der Waals surface area contributed by atoms with Crippen molar-refractivity contribution in [3.8, 4) is 0 Å². The maximum Gasteiger partial charge on any atom is 0.212 e. The molecule has 0 saturated carbocycles. The Hall–Kier alpha value is -0.770. The number of hydrogen-bond donors (Lipinski definition) is 1. The predicted molar refractivity (Wildman–Crippen MR) is 68.6 cm³/mol. The Balaban J connectivity index is 2.03. The van der Waals surface area contributed by atoms with Crippen LogP contribution < -0.4 is 5.32 Å². The first kappa shape index (κ1) is 11.3. The number of hydrogen-bond acceptors (Lipinski definition) is 3. The average molecular weight is 271 g/mol. The van der Waals surface area contributed by atoms with Gasteiger partial charge in [0.15, 0.2) is 5.58 Å². The largest absolute Gasteiger partial charge is 0.437 e. The van der Waals surface area contributed by atoms with Gasteiger partial charge in [-0.15, -0.1) is 0 Å². The predicted octanol–water partition coefficient (Wildman–Crippen LogP) is 3.95. The number of halogens is 2. The lowest BCUT2D eigenvalue weighted by Gasteiger charge is -2.19. The highest BCUT2D eigenvalue weighted by atomic mass is 35.5. The highest BCUT2D eigenvalue weighted by molar-refractivity contribution is 6.37. The van der Waals surface area contributed by atoms with Gasteiger partial charge in [-0.25, -0.2) is 4.98 Å². The molecular formula is C12H12Cl2N2O. The summed E-state index contributed by atoms with van der Waals surface area (Å²) in [5.41, 5.74) is 1.35. The van der Waals surface area contributed by atoms with Crippen molar-refractivity contribution in [2.24, 2.45) is 0 Å². The molecule has 1 aliphatic heterocycles. The lowest BCUT2D eigenvalue weighted by molar-refractivity contribution is 0.347. The molecule has 0 bridgehead atoms. The Kier molecular flexibility index (Phi) is 2.99. The van der Waals surface area contributed by atoms with Crippen LogP contribution in [0.25, 0.3) is 11.1 Å². The molecule has 1 aromatic carbocycles. The Labute approximate surface area is 109 Å². The third-order valence-corrected chi connectivity index (χ3v) is 3.53. The molecule has 0 amide bonds. The van der Waals surface area contributed by atoms with Gasteiger partial charge in [0, 0.05) is 5.02 Å². The minimum atomic E-state index is 0.200. The zero-order valence-electron chi connectivity index (χ0n) is 9.17. The van der Waals surface area contributed by atoms with Crippen LogP contribution in [0.5, 0.6) is 0 Å². The number of aromatic nitrogens is 1. The second-order valence-electron chi connectivity index (χ2n) is 4.29. The number of nitrogens with zero attached hydrogens (tertiary/aromatic N) is 1. The molecule has 3 rings (SSSR count). The first-order valence-corrected chi connectivity index (χ1v) is 6.48. The summed E-state index contributed by atoms with van der Waals surface area (Å²) in [7, 11) is 0. The lowest BCUT2D eigenvalue weighted by Crippen LogP contribution is -2.26. The van der Waals surface area contributed by atoms with Gasteiger partial charge >= 0.3 is 0 Å². The van der Waals surface area contributed by atoms with Crippen LogP contribution in [0.1, 0.15) is 31.2 Å². The van der Waals surface area contributed by atoms with E-state index in [0.29, 0.717) is 21.5 Å². The van der Waals surface area contributed by atoms with Crippen LogP contribution in [0.15, 0.2) is 16.5 Å². The third kappa shape index (κ3) is 2.15. The van der Waals surface area contributed by atoms with Crippen LogP contribution >= 0.6 is 23.2 Å². The molecule has 1 fully saturated rings. The van der Waals surface area contributed by atoms with Crippen LogP contribution in [0.3, 0.4) is 0 Å². The van der Waals surface area contributed by atoms with Crippen LogP contribution in [0.4, 0.5) is 0 Å². The Bertz CT molecular complexity index is 547. The van der Waals surface area contributed by atoms with Gasteiger partial charge in [0.05, 0.1) is 11.1 Å². The molecule has 1 aromatic heterocycles. The summed E-state index contributed by atoms with van der Waals surface area (Å²) in [5, 5.41) is 4.50. The van der Waals surface area contributed by atoms with Gasteiger partial charge in [0.25, 0.3) is 0 Å². The van der Waals surface area contributed by atoms with Crippen molar-refractivity contribution in [2.45, 2.75) is 25.3 Å². The first-order valence-electron chi connectivity index (χ1n) is 5.73. The van der Waals surface area contributed by atoms with Gasteiger partial charge in [0.2, 0.25) is 5.89 Å². The number of piperidine rings is 1. The zero-order chi connectivity index (χ0) is 11.8. The third-order valence-electron chi connectivity index (χ3n) is 3.03. The fourth-order valence-electron chi connectivity index (χ4n) is 2.19. The molecule has 2 heterocycles. The summed E-state index contributed by atoms with van der Waals surface area (Å²) in [5.74, 6) is 0.712. The molecule has 0 aliphatic carbocycles. The molecule has 5 heteroatoms. The summed E-state index contributed by atoms with van der Waals surface area (Å²) < 4.78 is 5.73. The molecule has 17 heavy (non-hydrogen) atoms. The molecule has 0 radical (unpaired) electrons. The lowest BCUT2D eigenvalue weighted by atomic mass is 10.1. The fraction of sp³-hybridized carbons (Fsp3) is 0.417. The summed E-state index contributed by atoms with van der Waals surface area (Å²) in [6.45, 7) is 1.01. The Morgan fingerprint density at radius 3 is 2.94 bits per heavy atom. The maximum atomic E-state index is 6.08. The van der Waals surface area contributed by atoms with E-state index in [1.807, 2.05) is 0 Å². The molecule has 1 N–H and O–H groups in total. The molecule has 1 unspecified atom stereocenters. The van der Waals surface area contributed by atoms with E-state index in [0.717, 1.165) is 18.5 Å². The maximum absolute atomic E-state index is 6.08. The molecule has 2 aromatic rings. The molecule has 0 spiro atoms. The van der Waals surface area contributed by atoms with Crippen LogP contribution in [0, 0.1) is 0 Å². The quantitative estimate of drug-likeness (QED) is 0.853. The van der Waals surface area contributed by atoms with Crippen molar-refractivity contribution in [1.29, 1.82) is 0 Å². The molecule has 1 saturated heterocycles. The summed E-state index contributed by atoms with van der Waals surface area (Å²) >= 11 is 12.0. The van der Waals surface area contributed by atoms with Gasteiger partial charge in [-0.2, -0.15) is 0 Å². The van der Waals surface area contributed by atoms with Crippen molar-refractivity contribution in [3.63, 3.8) is 0 Å². The monoisotopic (exact) mass is 270 g/mol. The highest BCUT2D eigenvalue weighted by Gasteiger charge is 2.21. The van der Waals surface area contributed by atoms with E-state index in [1.54, 1.807) is 12.1 Å². The van der Waals surface area contributed by atoms with E-state index in [9.17, 15) is 0 Å². The molecule has 90 valence electrons. The smallest absolute Gasteiger partial charge is 0.212 e. The van der Waals surface area contributed by atoms with E-state index in [4.69, 9.17) is 27.6 Å². The van der Waals surface area contributed by atoms with Crippen molar-refractivity contribution in [3.05, 3.63) is 28.1 Å². The average Bonchev–Trinajstić information content (AvgIpc) is 2.74. The topological polar surface area (TPSA) is 38.1 Å². The highest BCUT2D eigenvalue weighted by Crippen LogP contribution is 2.31. The Morgan fingerprint density at radius 2 is 2.18 bits per heavy atom. The van der Waals surface area contributed by atoms with Gasteiger partial charge in [-0.05, 0) is 31.5 Å². The number of fused-ring (bicyclic) bond motifs is 1. The van der Waals surface area contributed by atoms with Crippen LogP contribution in [-0.2, 0) is 0 Å². The summed E-state index contributed by atoms with van der Waals surface area (Å²) in [6.07, 6.45) is 3.46. The second-order valence-corrected chi connectivity index (χ2v) is 5.13. The van der Waals surface area contributed by atoms with Crippen LogP contribution in [-0.4, -0.2) is 11.5 Å². The van der Waals surface area contributed by atoms with Gasteiger partial charge in [0.1, 0.15) is 5.52 Å². The van der Waals surface area contributed by atoms with Crippen LogP contribution in [0.2, 0.25) is 10.0 Å². The molecule has 1 atom stereocenters. The molecular weight excluding hydrogens is 259 g/mol. The minimum Gasteiger partial charge on any atom is -0.437 e. The van der Waals surface area contributed by atoms with Crippen molar-refractivity contribution < 1.29 is 4.42 Å². The normalized spacial score (nSPS) is 20.9. The number of benzene rings is 1. The van der Waals surface area contributed by atoms with E-state index in [-0.39, 0.29) is 6.04 Å². The van der Waals surface area contributed by atoms with Crippen molar-refractivity contribution in [1.82, 2.24) is 10.3 Å². The minimum absolute atomic E-state index is 0.200. The standard InChI is InChI=1S/C12H12Cl2N2O/c13-7-5-8(14)11-10(6-7)16-12(17-11)9-3-1-2-4-15-9/h5-6,9,15H,1-4H2. The van der Waals surface area contributed by atoms with E-state index in [2.05, 4.69) is 10.3 Å². The van der Waals surface area contributed by atoms with Gasteiger partial charge < -0.3 is 9.73 Å². The Morgan fingerprint density at radius 1 is 1.29 bits per heavy atom. The fourth-order valence-corrected chi connectivity index (χ4v) is 2.71. The molecule has 3 nitrogen and oxygen atoms in total.